The number of para-hydroxylation sites is 1. The van der Waals surface area contributed by atoms with Crippen LogP contribution >= 0.6 is 31.9 Å². The molecule has 0 aromatic heterocycles. The first-order valence-corrected chi connectivity index (χ1v) is 13.9. The second kappa shape index (κ2) is 12.5. The lowest BCUT2D eigenvalue weighted by atomic mass is 10.1. The summed E-state index contributed by atoms with van der Waals surface area (Å²) >= 11 is 6.71. The van der Waals surface area contributed by atoms with E-state index in [2.05, 4.69) is 37.2 Å². The first kappa shape index (κ1) is 29.9. The molecule has 1 amide bonds. The molecule has 0 bridgehead atoms. The number of hydrogen-bond donors (Lipinski definition) is 1. The maximum absolute atomic E-state index is 13.3. The van der Waals surface area contributed by atoms with E-state index in [1.54, 1.807) is 45.0 Å². The van der Waals surface area contributed by atoms with Crippen LogP contribution in [0.15, 0.2) is 64.1 Å². The summed E-state index contributed by atoms with van der Waals surface area (Å²) in [4.78, 5) is 38.6. The largest absolute Gasteiger partial charge is 0.460 e. The molecule has 3 atom stereocenters. The van der Waals surface area contributed by atoms with Crippen LogP contribution in [0.4, 0.5) is 0 Å². The fourth-order valence-corrected chi connectivity index (χ4v) is 4.75. The number of allylic oxidation sites excluding steroid dienone is 1. The molecule has 3 unspecified atom stereocenters. The van der Waals surface area contributed by atoms with E-state index in [-0.39, 0.29) is 24.3 Å². The molecule has 1 aliphatic rings. The number of amides is 1. The lowest BCUT2D eigenvalue weighted by molar-refractivity contribution is -0.159. The molecule has 0 radical (unpaired) electrons. The molecule has 1 saturated carbocycles. The van der Waals surface area contributed by atoms with Gasteiger partial charge in [-0.25, -0.2) is 0 Å². The van der Waals surface area contributed by atoms with Crippen LogP contribution in [0.5, 0.6) is 11.5 Å². The van der Waals surface area contributed by atoms with Crippen molar-refractivity contribution >= 4 is 49.7 Å². The van der Waals surface area contributed by atoms with Crippen LogP contribution in [0.25, 0.3) is 0 Å². The quantitative estimate of drug-likeness (QED) is 0.284. The van der Waals surface area contributed by atoms with Gasteiger partial charge in [-0.15, -0.1) is 0 Å². The van der Waals surface area contributed by atoms with Gasteiger partial charge >= 0.3 is 11.9 Å². The highest BCUT2D eigenvalue weighted by Gasteiger charge is 2.62. The molecule has 204 valence electrons. The van der Waals surface area contributed by atoms with E-state index in [4.69, 9.17) is 14.2 Å². The molecule has 38 heavy (non-hydrogen) atoms. The van der Waals surface area contributed by atoms with Gasteiger partial charge in [-0.05, 0) is 88.2 Å². The average molecular weight is 651 g/mol. The zero-order chi connectivity index (χ0) is 28.1. The Morgan fingerprint density at radius 1 is 1.03 bits per heavy atom. The third kappa shape index (κ3) is 8.43. The Hall–Kier alpha value is -2.65. The standard InChI is InChI=1S/C29H33Br2NO6/c1-28(2,3)38-23(33)14-15-32-26(34)25(37-27(35)24-21(17-22(30)31)29(24,4)5)18-10-9-13-20(16-18)36-19-11-7-6-8-12-19/h6-13,16-17,21,24-25H,14-15H2,1-5H3,(H,32,34). The second-order valence-electron chi connectivity index (χ2n) is 10.7. The van der Waals surface area contributed by atoms with Crippen molar-refractivity contribution in [2.45, 2.75) is 52.7 Å². The molecule has 2 aromatic carbocycles. The van der Waals surface area contributed by atoms with E-state index < -0.39 is 35.5 Å². The van der Waals surface area contributed by atoms with Gasteiger partial charge in [0.05, 0.1) is 15.7 Å². The molecule has 0 aliphatic heterocycles. The maximum Gasteiger partial charge on any atom is 0.311 e. The van der Waals surface area contributed by atoms with Gasteiger partial charge in [0.15, 0.2) is 0 Å². The first-order chi connectivity index (χ1) is 17.8. The van der Waals surface area contributed by atoms with E-state index in [9.17, 15) is 14.4 Å². The molecule has 0 saturated heterocycles. The predicted molar refractivity (Wildman–Crippen MR) is 152 cm³/mol. The molecule has 1 fully saturated rings. The van der Waals surface area contributed by atoms with Crippen LogP contribution in [0.3, 0.4) is 0 Å². The lowest BCUT2D eigenvalue weighted by Crippen LogP contribution is -2.35. The molecule has 9 heteroatoms. The molecule has 3 rings (SSSR count). The molecule has 7 nitrogen and oxygen atoms in total. The predicted octanol–water partition coefficient (Wildman–Crippen LogP) is 6.81. The van der Waals surface area contributed by atoms with Gasteiger partial charge < -0.3 is 19.5 Å². The molecule has 2 aromatic rings. The Bertz CT molecular complexity index is 1190. The summed E-state index contributed by atoms with van der Waals surface area (Å²) in [6.45, 7) is 9.33. The molecule has 1 aliphatic carbocycles. The Labute approximate surface area is 240 Å². The number of rotatable bonds is 10. The van der Waals surface area contributed by atoms with Crippen molar-refractivity contribution in [3.8, 4) is 11.5 Å². The molecule has 1 N–H and O–H groups in total. The molecular weight excluding hydrogens is 618 g/mol. The van der Waals surface area contributed by atoms with Crippen LogP contribution in [-0.4, -0.2) is 30.0 Å². The number of carbonyl (C=O) groups excluding carboxylic acids is 3. The Morgan fingerprint density at radius 2 is 1.68 bits per heavy atom. The number of carbonyl (C=O) groups is 3. The van der Waals surface area contributed by atoms with Crippen molar-refractivity contribution in [2.75, 3.05) is 6.54 Å². The monoisotopic (exact) mass is 649 g/mol. The summed E-state index contributed by atoms with van der Waals surface area (Å²) in [6, 6.07) is 16.1. The maximum atomic E-state index is 13.3. The number of esters is 2. The zero-order valence-electron chi connectivity index (χ0n) is 22.1. The van der Waals surface area contributed by atoms with Crippen molar-refractivity contribution < 1.29 is 28.6 Å². The molecule has 0 heterocycles. The number of nitrogens with one attached hydrogen (secondary N) is 1. The van der Waals surface area contributed by atoms with Crippen LogP contribution in [0.2, 0.25) is 0 Å². The Morgan fingerprint density at radius 3 is 2.32 bits per heavy atom. The number of hydrogen-bond acceptors (Lipinski definition) is 6. The fourth-order valence-electron chi connectivity index (χ4n) is 4.18. The number of benzene rings is 2. The van der Waals surface area contributed by atoms with Crippen molar-refractivity contribution in [1.29, 1.82) is 0 Å². The Balaban J connectivity index is 1.78. The van der Waals surface area contributed by atoms with Gasteiger partial charge in [-0.1, -0.05) is 50.3 Å². The minimum absolute atomic E-state index is 0.0113. The van der Waals surface area contributed by atoms with E-state index >= 15 is 0 Å². The van der Waals surface area contributed by atoms with Crippen LogP contribution in [-0.2, 0) is 23.9 Å². The SMILES string of the molecule is CC(C)(C)OC(=O)CCNC(=O)C(OC(=O)C1C(C=C(Br)Br)C1(C)C)c1cccc(Oc2ccccc2)c1. The van der Waals surface area contributed by atoms with Gasteiger partial charge in [0, 0.05) is 12.1 Å². The third-order valence-corrected chi connectivity index (χ3v) is 6.66. The highest BCUT2D eigenvalue weighted by atomic mass is 79.9. The molecular formula is C29H33Br2NO6. The average Bonchev–Trinajstić information content (AvgIpc) is 3.35. The van der Waals surface area contributed by atoms with Crippen molar-refractivity contribution in [1.82, 2.24) is 5.32 Å². The minimum atomic E-state index is -1.23. The van der Waals surface area contributed by atoms with Crippen molar-refractivity contribution in [2.24, 2.45) is 17.3 Å². The highest BCUT2D eigenvalue weighted by Crippen LogP contribution is 2.60. The smallest absolute Gasteiger partial charge is 0.311 e. The number of ether oxygens (including phenoxy) is 3. The third-order valence-electron chi connectivity index (χ3n) is 6.13. The summed E-state index contributed by atoms with van der Waals surface area (Å²) in [5.41, 5.74) is -0.488. The fraction of sp³-hybridized carbons (Fsp3) is 0.414. The minimum Gasteiger partial charge on any atom is -0.460 e. The van der Waals surface area contributed by atoms with E-state index in [0.717, 1.165) is 3.39 Å². The lowest BCUT2D eigenvalue weighted by Gasteiger charge is -2.21. The van der Waals surface area contributed by atoms with E-state index in [0.29, 0.717) is 17.1 Å². The van der Waals surface area contributed by atoms with E-state index in [1.807, 2.05) is 50.3 Å². The first-order valence-electron chi connectivity index (χ1n) is 12.3. The van der Waals surface area contributed by atoms with Crippen LogP contribution in [0, 0.1) is 17.3 Å². The summed E-state index contributed by atoms with van der Waals surface area (Å²) in [7, 11) is 0. The van der Waals surface area contributed by atoms with Gasteiger partial charge in [-0.3, -0.25) is 14.4 Å². The number of halogens is 2. The van der Waals surface area contributed by atoms with Gasteiger partial charge in [-0.2, -0.15) is 0 Å². The van der Waals surface area contributed by atoms with Gasteiger partial charge in [0.2, 0.25) is 6.10 Å². The Kier molecular flexibility index (Phi) is 9.81. The van der Waals surface area contributed by atoms with E-state index in [1.165, 1.54) is 0 Å². The summed E-state index contributed by atoms with van der Waals surface area (Å²) in [5.74, 6) is -0.771. The van der Waals surface area contributed by atoms with Gasteiger partial charge in [0.25, 0.3) is 5.91 Å². The highest BCUT2D eigenvalue weighted by molar-refractivity contribution is 9.28. The molecule has 0 spiro atoms. The van der Waals surface area contributed by atoms with Crippen molar-refractivity contribution in [3.63, 3.8) is 0 Å². The van der Waals surface area contributed by atoms with Gasteiger partial charge in [0.1, 0.15) is 17.1 Å². The topological polar surface area (TPSA) is 90.9 Å². The van der Waals surface area contributed by atoms with Crippen molar-refractivity contribution in [3.05, 3.63) is 69.6 Å². The summed E-state index contributed by atoms with van der Waals surface area (Å²) in [6.07, 6.45) is 0.674. The second-order valence-corrected chi connectivity index (χ2v) is 13.5. The van der Waals surface area contributed by atoms with Crippen LogP contribution in [0.1, 0.15) is 52.7 Å². The zero-order valence-corrected chi connectivity index (χ0v) is 25.3. The summed E-state index contributed by atoms with van der Waals surface area (Å²) < 4.78 is 17.8. The summed E-state index contributed by atoms with van der Waals surface area (Å²) in [5, 5.41) is 2.71. The normalized spacial score (nSPS) is 18.5. The van der Waals surface area contributed by atoms with Crippen LogP contribution < -0.4 is 10.1 Å².